The summed E-state index contributed by atoms with van der Waals surface area (Å²) >= 11 is 5.97. The molecule has 2 aromatic rings. The molecule has 0 aliphatic heterocycles. The lowest BCUT2D eigenvalue weighted by Gasteiger charge is -2.16. The third-order valence-corrected chi connectivity index (χ3v) is 3.73. The van der Waals surface area contributed by atoms with E-state index in [1.54, 1.807) is 7.11 Å². The summed E-state index contributed by atoms with van der Waals surface area (Å²) < 4.78 is 5.26. The summed E-state index contributed by atoms with van der Waals surface area (Å²) in [7, 11) is 1.69. The van der Waals surface area contributed by atoms with Crippen LogP contribution in [0.5, 0.6) is 5.75 Å². The van der Waals surface area contributed by atoms with E-state index >= 15 is 0 Å². The van der Waals surface area contributed by atoms with E-state index < -0.39 is 0 Å². The van der Waals surface area contributed by atoms with Crippen LogP contribution in [0.1, 0.15) is 29.7 Å². The van der Waals surface area contributed by atoms with E-state index in [0.717, 1.165) is 17.3 Å². The molecule has 2 aromatic carbocycles. The normalized spacial score (nSPS) is 12.2. The van der Waals surface area contributed by atoms with Crippen molar-refractivity contribution in [1.29, 1.82) is 0 Å². The maximum atomic E-state index is 5.97. The lowest BCUT2D eigenvalue weighted by molar-refractivity contribution is 0.413. The van der Waals surface area contributed by atoms with Gasteiger partial charge in [-0.15, -0.1) is 0 Å². The zero-order chi connectivity index (χ0) is 14.5. The number of rotatable bonds is 5. The lowest BCUT2D eigenvalue weighted by Crippen LogP contribution is -2.18. The van der Waals surface area contributed by atoms with Crippen molar-refractivity contribution >= 4 is 11.6 Å². The van der Waals surface area contributed by atoms with E-state index in [0.29, 0.717) is 0 Å². The summed E-state index contributed by atoms with van der Waals surface area (Å²) in [6.45, 7) is 5.06. The summed E-state index contributed by atoms with van der Waals surface area (Å²) in [4.78, 5) is 0. The van der Waals surface area contributed by atoms with Crippen molar-refractivity contribution in [3.63, 3.8) is 0 Å². The Bertz CT molecular complexity index is 583. The van der Waals surface area contributed by atoms with Crippen LogP contribution < -0.4 is 10.1 Å². The molecule has 3 heteroatoms. The monoisotopic (exact) mass is 289 g/mol. The van der Waals surface area contributed by atoms with Crippen LogP contribution in [-0.2, 0) is 6.54 Å². The molecule has 0 aromatic heterocycles. The first kappa shape index (κ1) is 14.9. The van der Waals surface area contributed by atoms with Gasteiger partial charge in [0.1, 0.15) is 5.75 Å². The Morgan fingerprint density at radius 2 is 2.00 bits per heavy atom. The minimum atomic E-state index is 0.264. The van der Waals surface area contributed by atoms with Crippen LogP contribution in [0.15, 0.2) is 42.5 Å². The second-order valence-corrected chi connectivity index (χ2v) is 5.39. The third kappa shape index (κ3) is 3.75. The molecule has 2 rings (SSSR count). The van der Waals surface area contributed by atoms with Crippen molar-refractivity contribution in [3.8, 4) is 5.75 Å². The van der Waals surface area contributed by atoms with Gasteiger partial charge in [-0.25, -0.2) is 0 Å². The average Bonchev–Trinajstić information content (AvgIpc) is 2.46. The molecule has 0 saturated heterocycles. The first-order valence-corrected chi connectivity index (χ1v) is 7.10. The summed E-state index contributed by atoms with van der Waals surface area (Å²) in [5.41, 5.74) is 3.70. The molecule has 1 atom stereocenters. The standard InChI is InChI=1S/C17H20ClNO/c1-12-9-16(18)8-7-15(12)11-19-13(2)14-5-4-6-17(10-14)20-3/h4-10,13,19H,11H2,1-3H3. The zero-order valence-corrected chi connectivity index (χ0v) is 12.9. The second kappa shape index (κ2) is 6.78. The number of hydrogen-bond acceptors (Lipinski definition) is 2. The summed E-state index contributed by atoms with van der Waals surface area (Å²) in [6, 6.07) is 14.4. The smallest absolute Gasteiger partial charge is 0.119 e. The van der Waals surface area contributed by atoms with Gasteiger partial charge in [0.05, 0.1) is 7.11 Å². The van der Waals surface area contributed by atoms with Gasteiger partial charge < -0.3 is 10.1 Å². The molecule has 0 fully saturated rings. The first-order chi connectivity index (χ1) is 9.60. The number of ether oxygens (including phenoxy) is 1. The Balaban J connectivity index is 2.02. The predicted molar refractivity (Wildman–Crippen MR) is 84.4 cm³/mol. The van der Waals surface area contributed by atoms with Crippen LogP contribution in [0.2, 0.25) is 5.02 Å². The highest BCUT2D eigenvalue weighted by atomic mass is 35.5. The number of nitrogens with one attached hydrogen (secondary N) is 1. The molecule has 0 aliphatic carbocycles. The Kier molecular flexibility index (Phi) is 5.05. The molecule has 1 N–H and O–H groups in total. The molecule has 0 saturated carbocycles. The third-order valence-electron chi connectivity index (χ3n) is 3.50. The molecule has 0 bridgehead atoms. The van der Waals surface area contributed by atoms with Crippen LogP contribution >= 0.6 is 11.6 Å². The fourth-order valence-corrected chi connectivity index (χ4v) is 2.38. The fraction of sp³-hybridized carbons (Fsp3) is 0.294. The molecule has 0 spiro atoms. The van der Waals surface area contributed by atoms with E-state index in [9.17, 15) is 0 Å². The van der Waals surface area contributed by atoms with Crippen molar-refractivity contribution in [2.24, 2.45) is 0 Å². The summed E-state index contributed by atoms with van der Waals surface area (Å²) in [5, 5.41) is 4.31. The summed E-state index contributed by atoms with van der Waals surface area (Å²) in [5.74, 6) is 0.888. The molecular weight excluding hydrogens is 270 g/mol. The topological polar surface area (TPSA) is 21.3 Å². The maximum Gasteiger partial charge on any atom is 0.119 e. The molecule has 0 amide bonds. The van der Waals surface area contributed by atoms with E-state index in [-0.39, 0.29) is 6.04 Å². The molecule has 1 unspecified atom stereocenters. The minimum absolute atomic E-state index is 0.264. The molecular formula is C17H20ClNO. The van der Waals surface area contributed by atoms with Gasteiger partial charge in [-0.1, -0.05) is 29.8 Å². The maximum absolute atomic E-state index is 5.97. The predicted octanol–water partition coefficient (Wildman–Crippen LogP) is 4.51. The van der Waals surface area contributed by atoms with Gasteiger partial charge in [-0.05, 0) is 54.8 Å². The van der Waals surface area contributed by atoms with Gasteiger partial charge in [0.15, 0.2) is 0 Å². The Hall–Kier alpha value is -1.51. The highest BCUT2D eigenvalue weighted by Gasteiger charge is 2.07. The Labute approximate surface area is 125 Å². The van der Waals surface area contributed by atoms with Crippen LogP contribution in [0, 0.1) is 6.92 Å². The molecule has 2 nitrogen and oxygen atoms in total. The summed E-state index contributed by atoms with van der Waals surface area (Å²) in [6.07, 6.45) is 0. The van der Waals surface area contributed by atoms with Gasteiger partial charge >= 0.3 is 0 Å². The quantitative estimate of drug-likeness (QED) is 0.874. The molecule has 0 aliphatic rings. The number of halogens is 1. The zero-order valence-electron chi connectivity index (χ0n) is 12.1. The SMILES string of the molecule is COc1cccc(C(C)NCc2ccc(Cl)cc2C)c1. The highest BCUT2D eigenvalue weighted by Crippen LogP contribution is 2.20. The number of methoxy groups -OCH3 is 1. The largest absolute Gasteiger partial charge is 0.497 e. The number of hydrogen-bond donors (Lipinski definition) is 1. The second-order valence-electron chi connectivity index (χ2n) is 4.95. The minimum Gasteiger partial charge on any atom is -0.497 e. The lowest BCUT2D eigenvalue weighted by atomic mass is 10.1. The van der Waals surface area contributed by atoms with Gasteiger partial charge in [-0.3, -0.25) is 0 Å². The molecule has 20 heavy (non-hydrogen) atoms. The number of aryl methyl sites for hydroxylation is 1. The van der Waals surface area contributed by atoms with Crippen molar-refractivity contribution < 1.29 is 4.74 Å². The van der Waals surface area contributed by atoms with Crippen LogP contribution in [0.4, 0.5) is 0 Å². The molecule has 0 heterocycles. The Morgan fingerprint density at radius 3 is 2.70 bits per heavy atom. The highest BCUT2D eigenvalue weighted by molar-refractivity contribution is 6.30. The van der Waals surface area contributed by atoms with Crippen molar-refractivity contribution in [2.45, 2.75) is 26.4 Å². The number of benzene rings is 2. The van der Waals surface area contributed by atoms with Crippen LogP contribution in [0.3, 0.4) is 0 Å². The van der Waals surface area contributed by atoms with Crippen molar-refractivity contribution in [1.82, 2.24) is 5.32 Å². The first-order valence-electron chi connectivity index (χ1n) is 6.72. The average molecular weight is 290 g/mol. The molecule has 106 valence electrons. The Morgan fingerprint density at radius 1 is 1.20 bits per heavy atom. The van der Waals surface area contributed by atoms with Crippen LogP contribution in [0.25, 0.3) is 0 Å². The fourth-order valence-electron chi connectivity index (χ4n) is 2.15. The van der Waals surface area contributed by atoms with Gasteiger partial charge in [0, 0.05) is 17.6 Å². The van der Waals surface area contributed by atoms with Crippen LogP contribution in [-0.4, -0.2) is 7.11 Å². The van der Waals surface area contributed by atoms with Gasteiger partial charge in [-0.2, -0.15) is 0 Å². The molecule has 0 radical (unpaired) electrons. The van der Waals surface area contributed by atoms with Gasteiger partial charge in [0.2, 0.25) is 0 Å². The van der Waals surface area contributed by atoms with E-state index in [2.05, 4.69) is 37.4 Å². The van der Waals surface area contributed by atoms with E-state index in [1.165, 1.54) is 16.7 Å². The van der Waals surface area contributed by atoms with Crippen molar-refractivity contribution in [2.75, 3.05) is 7.11 Å². The van der Waals surface area contributed by atoms with E-state index in [1.807, 2.05) is 24.3 Å². The van der Waals surface area contributed by atoms with Crippen molar-refractivity contribution in [3.05, 3.63) is 64.2 Å². The van der Waals surface area contributed by atoms with Gasteiger partial charge in [0.25, 0.3) is 0 Å². The van der Waals surface area contributed by atoms with E-state index in [4.69, 9.17) is 16.3 Å².